The molecule has 0 fully saturated rings. The predicted octanol–water partition coefficient (Wildman–Crippen LogP) is 5.72. The van der Waals surface area contributed by atoms with Gasteiger partial charge >= 0.3 is 0 Å². The Hall–Kier alpha value is -3.18. The van der Waals surface area contributed by atoms with Crippen LogP contribution in [0.2, 0.25) is 0 Å². The fourth-order valence-electron chi connectivity index (χ4n) is 3.43. The fraction of sp³-hybridized carbons (Fsp3) is 0.0833. The van der Waals surface area contributed by atoms with Crippen LogP contribution < -0.4 is 5.43 Å². The Balaban J connectivity index is 1.42. The number of halogens is 1. The van der Waals surface area contributed by atoms with E-state index in [2.05, 4.69) is 55.3 Å². The zero-order valence-corrected chi connectivity index (χ0v) is 17.3. The summed E-state index contributed by atoms with van der Waals surface area (Å²) in [5.41, 5.74) is 5.94. The number of rotatable bonds is 6. The molecule has 0 radical (unpaired) electrons. The Kier molecular flexibility index (Phi) is 5.86. The Bertz CT molecular complexity index is 1160. The van der Waals surface area contributed by atoms with Crippen LogP contribution >= 0.6 is 15.9 Å². The molecule has 1 aromatic heterocycles. The Morgan fingerprint density at radius 1 is 0.897 bits per heavy atom. The molecule has 0 saturated heterocycles. The normalized spacial score (nSPS) is 12.1. The molecule has 0 spiro atoms. The van der Waals surface area contributed by atoms with Crippen LogP contribution in [0.5, 0.6) is 0 Å². The topological polar surface area (TPSA) is 46.4 Å². The molecule has 144 valence electrons. The zero-order valence-electron chi connectivity index (χ0n) is 15.8. The number of fused-ring (bicyclic) bond motifs is 3. The van der Waals surface area contributed by atoms with Crippen molar-refractivity contribution in [3.63, 3.8) is 0 Å². The second-order valence-corrected chi connectivity index (χ2v) is 7.58. The van der Waals surface area contributed by atoms with Crippen LogP contribution in [0.3, 0.4) is 0 Å². The number of nitrogens with one attached hydrogen (secondary N) is 1. The largest absolute Gasteiger partial charge is 0.340 e. The lowest BCUT2D eigenvalue weighted by molar-refractivity contribution is -0.121. The summed E-state index contributed by atoms with van der Waals surface area (Å²) in [6, 6.07) is 26.5. The van der Waals surface area contributed by atoms with E-state index in [0.29, 0.717) is 13.0 Å². The number of benzene rings is 3. The predicted molar refractivity (Wildman–Crippen MR) is 124 cm³/mol. The number of aryl methyl sites for hydroxylation is 1. The van der Waals surface area contributed by atoms with E-state index in [1.807, 2.05) is 60.7 Å². The summed E-state index contributed by atoms with van der Waals surface area (Å²) in [6.45, 7) is 0.594. The van der Waals surface area contributed by atoms with Gasteiger partial charge in [0.25, 0.3) is 0 Å². The minimum Gasteiger partial charge on any atom is -0.340 e. The van der Waals surface area contributed by atoms with Crippen molar-refractivity contribution < 1.29 is 4.79 Å². The van der Waals surface area contributed by atoms with Gasteiger partial charge < -0.3 is 4.57 Å². The number of aromatic nitrogens is 1. The first-order chi connectivity index (χ1) is 14.2. The molecular weight excluding hydrogens is 426 g/mol. The minimum atomic E-state index is -0.122. The van der Waals surface area contributed by atoms with Crippen molar-refractivity contribution in [2.45, 2.75) is 13.0 Å². The molecule has 1 N–H and O–H groups in total. The maximum atomic E-state index is 12.3. The van der Waals surface area contributed by atoms with Gasteiger partial charge in [-0.15, -0.1) is 0 Å². The van der Waals surface area contributed by atoms with Crippen molar-refractivity contribution in [2.24, 2.45) is 5.10 Å². The maximum absolute atomic E-state index is 12.3. The van der Waals surface area contributed by atoms with Crippen molar-refractivity contribution in [3.05, 3.63) is 88.9 Å². The highest BCUT2D eigenvalue weighted by molar-refractivity contribution is 9.12. The second-order valence-electron chi connectivity index (χ2n) is 6.67. The summed E-state index contributed by atoms with van der Waals surface area (Å²) in [4.78, 5) is 12.3. The zero-order chi connectivity index (χ0) is 20.1. The number of carbonyl (C=O) groups is 1. The van der Waals surface area contributed by atoms with Gasteiger partial charge in [-0.25, -0.2) is 5.43 Å². The van der Waals surface area contributed by atoms with E-state index in [1.165, 1.54) is 10.8 Å². The molecule has 1 amide bonds. The number of amides is 1. The van der Waals surface area contributed by atoms with Crippen molar-refractivity contribution in [1.29, 1.82) is 0 Å². The van der Waals surface area contributed by atoms with Gasteiger partial charge in [0.2, 0.25) is 5.91 Å². The van der Waals surface area contributed by atoms with E-state index < -0.39 is 0 Å². The van der Waals surface area contributed by atoms with Crippen molar-refractivity contribution >= 4 is 55.9 Å². The van der Waals surface area contributed by atoms with Crippen LogP contribution in [0.1, 0.15) is 12.0 Å². The first-order valence-electron chi connectivity index (χ1n) is 9.42. The second kappa shape index (κ2) is 8.88. The SMILES string of the molecule is O=C(CCn1c2ccccc2c2ccccc21)N/N=C\C(Br)=C/c1ccccc1. The molecule has 4 aromatic rings. The molecule has 4 rings (SSSR count). The molecule has 0 aliphatic heterocycles. The van der Waals surface area contributed by atoms with Crippen LogP contribution in [0.4, 0.5) is 0 Å². The molecule has 0 atom stereocenters. The van der Waals surface area contributed by atoms with Crippen LogP contribution in [0.15, 0.2) is 88.4 Å². The lowest BCUT2D eigenvalue weighted by Gasteiger charge is -2.06. The summed E-state index contributed by atoms with van der Waals surface area (Å²) >= 11 is 3.45. The lowest BCUT2D eigenvalue weighted by atomic mass is 10.2. The van der Waals surface area contributed by atoms with Crippen molar-refractivity contribution in [1.82, 2.24) is 9.99 Å². The van der Waals surface area contributed by atoms with Crippen LogP contribution in [-0.2, 0) is 11.3 Å². The highest BCUT2D eigenvalue weighted by atomic mass is 79.9. The Morgan fingerprint density at radius 3 is 2.14 bits per heavy atom. The molecule has 4 nitrogen and oxygen atoms in total. The average molecular weight is 446 g/mol. The molecule has 5 heteroatoms. The number of para-hydroxylation sites is 2. The minimum absolute atomic E-state index is 0.122. The average Bonchev–Trinajstić information content (AvgIpc) is 3.07. The molecule has 29 heavy (non-hydrogen) atoms. The maximum Gasteiger partial charge on any atom is 0.241 e. The highest BCUT2D eigenvalue weighted by Gasteiger charge is 2.10. The first-order valence-corrected chi connectivity index (χ1v) is 10.2. The summed E-state index contributed by atoms with van der Waals surface area (Å²) in [6.07, 6.45) is 3.87. The third-order valence-electron chi connectivity index (χ3n) is 4.72. The van der Waals surface area contributed by atoms with Crippen LogP contribution in [0.25, 0.3) is 27.9 Å². The molecule has 3 aromatic carbocycles. The Labute approximate surface area is 177 Å². The monoisotopic (exact) mass is 445 g/mol. The van der Waals surface area contributed by atoms with E-state index in [-0.39, 0.29) is 5.91 Å². The number of nitrogens with zero attached hydrogens (tertiary/aromatic N) is 2. The molecule has 0 saturated carbocycles. The summed E-state index contributed by atoms with van der Waals surface area (Å²) < 4.78 is 2.98. The first kappa shape index (κ1) is 19.2. The standard InChI is InChI=1S/C24H20BrN3O/c25-19(16-18-8-2-1-3-9-18)17-26-27-24(29)14-15-28-22-12-6-4-10-20(22)21-11-5-7-13-23(21)28/h1-13,16-17H,14-15H2,(H,27,29)/b19-16+,26-17-. The van der Waals surface area contributed by atoms with E-state index in [4.69, 9.17) is 0 Å². The van der Waals surface area contributed by atoms with Gasteiger partial charge in [0, 0.05) is 39.3 Å². The number of hydrazone groups is 1. The van der Waals surface area contributed by atoms with Gasteiger partial charge in [-0.3, -0.25) is 4.79 Å². The van der Waals surface area contributed by atoms with Gasteiger partial charge in [0.1, 0.15) is 0 Å². The molecule has 0 unspecified atom stereocenters. The summed E-state index contributed by atoms with van der Waals surface area (Å²) in [5.74, 6) is -0.122. The molecule has 0 bridgehead atoms. The van der Waals surface area contributed by atoms with Gasteiger partial charge in [0.05, 0.1) is 6.21 Å². The number of carbonyl (C=O) groups excluding carboxylic acids is 1. The summed E-state index contributed by atoms with van der Waals surface area (Å²) in [5, 5.41) is 6.45. The van der Waals surface area contributed by atoms with E-state index in [0.717, 1.165) is 21.1 Å². The number of hydrogen-bond donors (Lipinski definition) is 1. The van der Waals surface area contributed by atoms with E-state index in [1.54, 1.807) is 6.21 Å². The smallest absolute Gasteiger partial charge is 0.241 e. The molecule has 0 aliphatic rings. The molecular formula is C24H20BrN3O. The molecule has 1 heterocycles. The lowest BCUT2D eigenvalue weighted by Crippen LogP contribution is -2.19. The van der Waals surface area contributed by atoms with Crippen LogP contribution in [-0.4, -0.2) is 16.7 Å². The van der Waals surface area contributed by atoms with Gasteiger partial charge in [-0.2, -0.15) is 5.10 Å². The highest BCUT2D eigenvalue weighted by Crippen LogP contribution is 2.28. The summed E-state index contributed by atoms with van der Waals surface area (Å²) in [7, 11) is 0. The Morgan fingerprint density at radius 2 is 1.48 bits per heavy atom. The number of allylic oxidation sites excluding steroid dienone is 1. The van der Waals surface area contributed by atoms with E-state index in [9.17, 15) is 4.79 Å². The quantitative estimate of drug-likeness (QED) is 0.299. The number of hydrogen-bond acceptors (Lipinski definition) is 2. The van der Waals surface area contributed by atoms with Gasteiger partial charge in [0.15, 0.2) is 0 Å². The van der Waals surface area contributed by atoms with Gasteiger partial charge in [-0.1, -0.05) is 66.7 Å². The molecule has 0 aliphatic carbocycles. The fourth-order valence-corrected chi connectivity index (χ4v) is 3.79. The third kappa shape index (κ3) is 4.46. The van der Waals surface area contributed by atoms with Gasteiger partial charge in [-0.05, 0) is 39.7 Å². The van der Waals surface area contributed by atoms with Crippen molar-refractivity contribution in [3.8, 4) is 0 Å². The third-order valence-corrected chi connectivity index (χ3v) is 5.16. The van der Waals surface area contributed by atoms with Crippen LogP contribution in [0, 0.1) is 0 Å². The van der Waals surface area contributed by atoms with Crippen molar-refractivity contribution in [2.75, 3.05) is 0 Å². The van der Waals surface area contributed by atoms with E-state index >= 15 is 0 Å².